The summed E-state index contributed by atoms with van der Waals surface area (Å²) in [5, 5.41) is 14.2. The molecule has 1 aromatic rings. The average Bonchev–Trinajstić information content (AvgIpc) is 2.63. The van der Waals surface area contributed by atoms with Crippen LogP contribution in [0, 0.1) is 11.3 Å². The van der Waals surface area contributed by atoms with E-state index in [1.807, 2.05) is 0 Å². The van der Waals surface area contributed by atoms with Crippen molar-refractivity contribution < 1.29 is 14.3 Å². The van der Waals surface area contributed by atoms with Crippen molar-refractivity contribution in [2.24, 2.45) is 5.10 Å². The molecule has 0 aromatic heterocycles. The summed E-state index contributed by atoms with van der Waals surface area (Å²) < 4.78 is 5.17. The molecule has 23 heavy (non-hydrogen) atoms. The number of halogens is 1. The number of hydrogen-bond acceptors (Lipinski definition) is 5. The van der Waals surface area contributed by atoms with E-state index in [9.17, 15) is 14.9 Å². The van der Waals surface area contributed by atoms with Crippen LogP contribution < -0.4 is 5.01 Å². The number of rotatable bonds is 4. The molecule has 0 aliphatic carbocycles. The zero-order valence-electron chi connectivity index (χ0n) is 12.3. The fourth-order valence-electron chi connectivity index (χ4n) is 2.01. The maximum absolute atomic E-state index is 12.4. The molecule has 2 amide bonds. The number of para-hydroxylation sites is 1. The highest BCUT2D eigenvalue weighted by atomic mass is 35.5. The van der Waals surface area contributed by atoms with Crippen molar-refractivity contribution >= 4 is 34.8 Å². The summed E-state index contributed by atoms with van der Waals surface area (Å²) in [5.41, 5.74) is 0.0647. The van der Waals surface area contributed by atoms with Crippen LogP contribution in [0.25, 0.3) is 0 Å². The van der Waals surface area contributed by atoms with E-state index in [-0.39, 0.29) is 11.6 Å². The molecule has 120 valence electrons. The summed E-state index contributed by atoms with van der Waals surface area (Å²) in [6.07, 6.45) is 0. The van der Waals surface area contributed by atoms with Crippen LogP contribution in [0.1, 0.15) is 0 Å². The number of anilines is 1. The molecule has 0 bridgehead atoms. The minimum absolute atomic E-state index is 0.317. The Balaban J connectivity index is 2.29. The van der Waals surface area contributed by atoms with Crippen LogP contribution in [0.3, 0.4) is 0 Å². The lowest BCUT2D eigenvalue weighted by molar-refractivity contribution is -0.127. The van der Waals surface area contributed by atoms with Gasteiger partial charge in [-0.25, -0.2) is 0 Å². The molecular weight excluding hydrogens is 320 g/mol. The molecule has 1 fully saturated rings. The largest absolute Gasteiger partial charge is 0.378 e. The van der Waals surface area contributed by atoms with Crippen molar-refractivity contribution in [1.82, 2.24) is 4.90 Å². The second kappa shape index (κ2) is 8.27. The van der Waals surface area contributed by atoms with Gasteiger partial charge in [0, 0.05) is 13.1 Å². The molecule has 1 saturated heterocycles. The number of amides is 2. The topological polar surface area (TPSA) is 86.0 Å². The quantitative estimate of drug-likeness (QED) is 0.467. The molecule has 8 heteroatoms. The molecule has 1 aliphatic heterocycles. The molecule has 1 aliphatic rings. The van der Waals surface area contributed by atoms with Crippen LogP contribution in [-0.2, 0) is 14.3 Å². The van der Waals surface area contributed by atoms with Gasteiger partial charge in [-0.15, -0.1) is 16.7 Å². The monoisotopic (exact) mass is 334 g/mol. The Morgan fingerprint density at radius 1 is 1.30 bits per heavy atom. The first-order valence-electron chi connectivity index (χ1n) is 6.97. The molecule has 0 saturated carbocycles. The van der Waals surface area contributed by atoms with E-state index < -0.39 is 11.8 Å². The van der Waals surface area contributed by atoms with Crippen LogP contribution in [0.15, 0.2) is 35.4 Å². The number of hydrazone groups is 1. The van der Waals surface area contributed by atoms with Gasteiger partial charge >= 0.3 is 0 Å². The Morgan fingerprint density at radius 2 is 1.96 bits per heavy atom. The summed E-state index contributed by atoms with van der Waals surface area (Å²) >= 11 is 5.60. The highest BCUT2D eigenvalue weighted by molar-refractivity contribution is 6.45. The molecule has 1 heterocycles. The van der Waals surface area contributed by atoms with Gasteiger partial charge in [-0.2, -0.15) is 10.3 Å². The molecular formula is C15H15ClN4O3. The first-order valence-corrected chi connectivity index (χ1v) is 7.50. The standard InChI is InChI=1S/C15H15ClN4O3/c16-10-14(21)20(12-4-2-1-3-5-12)18-13(11-17)15(22)19-6-8-23-9-7-19/h1-5H,6-10H2/b18-13-. The molecule has 7 nitrogen and oxygen atoms in total. The Kier molecular flexibility index (Phi) is 6.09. The lowest BCUT2D eigenvalue weighted by Gasteiger charge is -2.26. The third-order valence-corrected chi connectivity index (χ3v) is 3.39. The van der Waals surface area contributed by atoms with Gasteiger partial charge in [-0.05, 0) is 12.1 Å². The summed E-state index contributed by atoms with van der Waals surface area (Å²) in [7, 11) is 0. The van der Waals surface area contributed by atoms with E-state index >= 15 is 0 Å². The first-order chi connectivity index (χ1) is 11.2. The highest BCUT2D eigenvalue weighted by Gasteiger charge is 2.24. The number of morpholine rings is 1. The van der Waals surface area contributed by atoms with Crippen molar-refractivity contribution in [3.05, 3.63) is 30.3 Å². The molecule has 0 spiro atoms. The summed E-state index contributed by atoms with van der Waals surface area (Å²) in [4.78, 5) is 25.8. The Hall–Kier alpha value is -2.43. The number of ether oxygens (including phenoxy) is 1. The van der Waals surface area contributed by atoms with E-state index in [0.29, 0.717) is 32.0 Å². The third kappa shape index (κ3) is 4.28. The van der Waals surface area contributed by atoms with Crippen LogP contribution in [0.2, 0.25) is 0 Å². The van der Waals surface area contributed by atoms with E-state index in [1.165, 1.54) is 4.90 Å². The number of nitriles is 1. The van der Waals surface area contributed by atoms with E-state index in [4.69, 9.17) is 16.3 Å². The number of nitrogens with zero attached hydrogens (tertiary/aromatic N) is 4. The Morgan fingerprint density at radius 3 is 2.52 bits per heavy atom. The summed E-state index contributed by atoms with van der Waals surface area (Å²) in [6, 6.07) is 10.3. The van der Waals surface area contributed by atoms with Crippen LogP contribution in [-0.4, -0.2) is 54.6 Å². The Labute approximate surface area is 138 Å². The van der Waals surface area contributed by atoms with Gasteiger partial charge < -0.3 is 9.64 Å². The maximum Gasteiger partial charge on any atom is 0.285 e. The van der Waals surface area contributed by atoms with Crippen LogP contribution in [0.5, 0.6) is 0 Å². The lowest BCUT2D eigenvalue weighted by Crippen LogP contribution is -2.44. The summed E-state index contributed by atoms with van der Waals surface area (Å²) in [6.45, 7) is 1.59. The maximum atomic E-state index is 12.4. The van der Waals surface area contributed by atoms with Gasteiger partial charge in [0.2, 0.25) is 5.71 Å². The predicted molar refractivity (Wildman–Crippen MR) is 85.1 cm³/mol. The highest BCUT2D eigenvalue weighted by Crippen LogP contribution is 2.15. The van der Waals surface area contributed by atoms with Crippen LogP contribution >= 0.6 is 11.6 Å². The SMILES string of the molecule is N#C/C(=N/N(C(=O)CCl)c1ccccc1)C(=O)N1CCOCC1. The zero-order valence-corrected chi connectivity index (χ0v) is 13.1. The van der Waals surface area contributed by atoms with Gasteiger partial charge in [0.05, 0.1) is 18.9 Å². The van der Waals surface area contributed by atoms with Crippen molar-refractivity contribution in [2.75, 3.05) is 37.2 Å². The normalized spacial score (nSPS) is 15.0. The predicted octanol–water partition coefficient (Wildman–Crippen LogP) is 0.997. The molecule has 0 N–H and O–H groups in total. The number of carbonyl (C=O) groups excluding carboxylic acids is 2. The van der Waals surface area contributed by atoms with Crippen molar-refractivity contribution in [1.29, 1.82) is 5.26 Å². The molecule has 0 radical (unpaired) electrons. The van der Waals surface area contributed by atoms with Gasteiger partial charge in [0.15, 0.2) is 0 Å². The second-order valence-corrected chi connectivity index (χ2v) is 4.91. The fourth-order valence-corrected chi connectivity index (χ4v) is 2.13. The lowest BCUT2D eigenvalue weighted by atomic mass is 10.3. The summed E-state index contributed by atoms with van der Waals surface area (Å²) in [5.74, 6) is -1.37. The van der Waals surface area contributed by atoms with E-state index in [0.717, 1.165) is 5.01 Å². The minimum Gasteiger partial charge on any atom is -0.378 e. The average molecular weight is 335 g/mol. The van der Waals surface area contributed by atoms with Crippen LogP contribution in [0.4, 0.5) is 5.69 Å². The number of hydrogen-bond donors (Lipinski definition) is 0. The fraction of sp³-hybridized carbons (Fsp3) is 0.333. The number of carbonyl (C=O) groups is 2. The molecule has 2 rings (SSSR count). The van der Waals surface area contributed by atoms with Crippen molar-refractivity contribution in [2.45, 2.75) is 0 Å². The van der Waals surface area contributed by atoms with Gasteiger partial charge in [0.25, 0.3) is 11.8 Å². The van der Waals surface area contributed by atoms with E-state index in [2.05, 4.69) is 5.10 Å². The van der Waals surface area contributed by atoms with Gasteiger partial charge in [-0.3, -0.25) is 9.59 Å². The third-order valence-electron chi connectivity index (χ3n) is 3.16. The first kappa shape index (κ1) is 16.9. The van der Waals surface area contributed by atoms with Gasteiger partial charge in [0.1, 0.15) is 11.9 Å². The Bertz CT molecular complexity index is 636. The minimum atomic E-state index is -0.529. The molecule has 0 atom stereocenters. The van der Waals surface area contributed by atoms with Crippen molar-refractivity contribution in [3.8, 4) is 6.07 Å². The molecule has 1 aromatic carbocycles. The number of benzene rings is 1. The van der Waals surface area contributed by atoms with Gasteiger partial charge in [-0.1, -0.05) is 18.2 Å². The smallest absolute Gasteiger partial charge is 0.285 e. The molecule has 0 unspecified atom stereocenters. The van der Waals surface area contributed by atoms with Crippen molar-refractivity contribution in [3.63, 3.8) is 0 Å². The zero-order chi connectivity index (χ0) is 16.7. The van der Waals surface area contributed by atoms with E-state index in [1.54, 1.807) is 36.4 Å². The second-order valence-electron chi connectivity index (χ2n) is 4.64. The number of alkyl halides is 1.